The summed E-state index contributed by atoms with van der Waals surface area (Å²) in [5, 5.41) is 2.52. The van der Waals surface area contributed by atoms with Crippen LogP contribution in [0.1, 0.15) is 33.6 Å². The molecular formula is C16H24N4O4. The van der Waals surface area contributed by atoms with Crippen molar-refractivity contribution < 1.29 is 14.3 Å². The molecule has 1 unspecified atom stereocenters. The molecule has 132 valence electrons. The van der Waals surface area contributed by atoms with E-state index in [1.54, 1.807) is 7.05 Å². The van der Waals surface area contributed by atoms with Crippen molar-refractivity contribution in [2.24, 2.45) is 13.0 Å². The number of rotatable bonds is 2. The average Bonchev–Trinajstić information content (AvgIpc) is 2.50. The number of likely N-dealkylation sites (tertiary alicyclic amines) is 1. The van der Waals surface area contributed by atoms with Crippen LogP contribution in [0.25, 0.3) is 0 Å². The Balaban J connectivity index is 2.01. The first-order valence-corrected chi connectivity index (χ1v) is 7.98. The van der Waals surface area contributed by atoms with Gasteiger partial charge >= 0.3 is 12.0 Å². The Labute approximate surface area is 140 Å². The summed E-state index contributed by atoms with van der Waals surface area (Å²) < 4.78 is 6.73. The third-order valence-electron chi connectivity index (χ3n) is 3.69. The van der Waals surface area contributed by atoms with Gasteiger partial charge in [-0.15, -0.1) is 0 Å². The number of hydrogen-bond donors (Lipinski definition) is 1. The Hall–Kier alpha value is -2.38. The molecule has 8 nitrogen and oxygen atoms in total. The van der Waals surface area contributed by atoms with E-state index in [0.717, 1.165) is 0 Å². The molecule has 1 aliphatic rings. The molecule has 1 N–H and O–H groups in total. The Morgan fingerprint density at radius 3 is 2.75 bits per heavy atom. The summed E-state index contributed by atoms with van der Waals surface area (Å²) in [6.45, 7) is 6.24. The SMILES string of the molecule is Cn1ccnc(NC(=O)N2CCCC(C(=O)OC(C)(C)C)C2)c1=O. The number of ether oxygens (including phenoxy) is 1. The lowest BCUT2D eigenvalue weighted by molar-refractivity contribution is -0.161. The molecule has 1 atom stereocenters. The van der Waals surface area contributed by atoms with Crippen LogP contribution in [0.3, 0.4) is 0 Å². The number of carbonyl (C=O) groups excluding carboxylic acids is 2. The first-order valence-electron chi connectivity index (χ1n) is 7.98. The fraction of sp³-hybridized carbons (Fsp3) is 0.625. The van der Waals surface area contributed by atoms with Gasteiger partial charge in [-0.2, -0.15) is 0 Å². The summed E-state index contributed by atoms with van der Waals surface area (Å²) in [5.41, 5.74) is -0.937. The number of amides is 2. The van der Waals surface area contributed by atoms with Crippen LogP contribution in [-0.4, -0.2) is 45.1 Å². The number of esters is 1. The topological polar surface area (TPSA) is 93.5 Å². The second-order valence-electron chi connectivity index (χ2n) is 6.94. The van der Waals surface area contributed by atoms with Crippen molar-refractivity contribution in [2.75, 3.05) is 18.4 Å². The molecule has 2 heterocycles. The van der Waals surface area contributed by atoms with Gasteiger partial charge in [-0.1, -0.05) is 0 Å². The second kappa shape index (κ2) is 7.02. The zero-order chi connectivity index (χ0) is 17.9. The van der Waals surface area contributed by atoms with Crippen LogP contribution < -0.4 is 10.9 Å². The quantitative estimate of drug-likeness (QED) is 0.823. The van der Waals surface area contributed by atoms with E-state index in [9.17, 15) is 14.4 Å². The zero-order valence-corrected chi connectivity index (χ0v) is 14.5. The summed E-state index contributed by atoms with van der Waals surface area (Å²) in [4.78, 5) is 41.9. The molecule has 0 bridgehead atoms. The van der Waals surface area contributed by atoms with Crippen molar-refractivity contribution in [3.05, 3.63) is 22.7 Å². The maximum absolute atomic E-state index is 12.4. The fourth-order valence-corrected chi connectivity index (χ4v) is 2.50. The van der Waals surface area contributed by atoms with E-state index >= 15 is 0 Å². The second-order valence-corrected chi connectivity index (χ2v) is 6.94. The van der Waals surface area contributed by atoms with Crippen LogP contribution in [0, 0.1) is 5.92 Å². The van der Waals surface area contributed by atoms with Crippen molar-refractivity contribution in [1.82, 2.24) is 14.5 Å². The maximum atomic E-state index is 12.4. The largest absolute Gasteiger partial charge is 0.460 e. The Morgan fingerprint density at radius 2 is 2.08 bits per heavy atom. The van der Waals surface area contributed by atoms with Gasteiger partial charge in [0, 0.05) is 32.5 Å². The first kappa shape index (κ1) is 18.0. The predicted molar refractivity (Wildman–Crippen MR) is 88.6 cm³/mol. The zero-order valence-electron chi connectivity index (χ0n) is 14.5. The number of aromatic nitrogens is 2. The normalized spacial score (nSPS) is 18.2. The molecule has 0 spiro atoms. The minimum atomic E-state index is -0.554. The molecule has 1 aromatic heterocycles. The molecule has 0 radical (unpaired) electrons. The molecule has 0 aliphatic carbocycles. The minimum Gasteiger partial charge on any atom is -0.460 e. The molecule has 0 saturated carbocycles. The summed E-state index contributed by atoms with van der Waals surface area (Å²) in [7, 11) is 1.58. The number of carbonyl (C=O) groups is 2. The smallest absolute Gasteiger partial charge is 0.323 e. The van der Waals surface area contributed by atoms with Gasteiger partial charge in [0.05, 0.1) is 5.92 Å². The molecule has 1 aromatic rings. The maximum Gasteiger partial charge on any atom is 0.323 e. The number of piperidine rings is 1. The summed E-state index contributed by atoms with van der Waals surface area (Å²) in [6, 6.07) is -0.431. The van der Waals surface area contributed by atoms with Crippen LogP contribution in [0.2, 0.25) is 0 Å². The van der Waals surface area contributed by atoms with Crippen molar-refractivity contribution in [3.8, 4) is 0 Å². The van der Waals surface area contributed by atoms with E-state index < -0.39 is 11.6 Å². The van der Waals surface area contributed by atoms with Gasteiger partial charge in [-0.25, -0.2) is 9.78 Å². The van der Waals surface area contributed by atoms with Gasteiger partial charge < -0.3 is 14.2 Å². The number of anilines is 1. The number of nitrogens with one attached hydrogen (secondary N) is 1. The average molecular weight is 336 g/mol. The molecule has 2 amide bonds. The monoisotopic (exact) mass is 336 g/mol. The molecular weight excluding hydrogens is 312 g/mol. The lowest BCUT2D eigenvalue weighted by atomic mass is 9.98. The van der Waals surface area contributed by atoms with Crippen molar-refractivity contribution in [3.63, 3.8) is 0 Å². The fourth-order valence-electron chi connectivity index (χ4n) is 2.50. The van der Waals surface area contributed by atoms with Crippen molar-refractivity contribution in [1.29, 1.82) is 0 Å². The Bertz CT molecular complexity index is 677. The number of urea groups is 1. The van der Waals surface area contributed by atoms with Gasteiger partial charge in [0.2, 0.25) is 5.82 Å². The highest BCUT2D eigenvalue weighted by Crippen LogP contribution is 2.21. The van der Waals surface area contributed by atoms with Gasteiger partial charge in [0.1, 0.15) is 5.60 Å². The van der Waals surface area contributed by atoms with E-state index in [1.165, 1.54) is 21.9 Å². The number of hydrogen-bond acceptors (Lipinski definition) is 5. The highest BCUT2D eigenvalue weighted by atomic mass is 16.6. The number of nitrogens with zero attached hydrogens (tertiary/aromatic N) is 3. The van der Waals surface area contributed by atoms with E-state index in [0.29, 0.717) is 19.4 Å². The molecule has 1 fully saturated rings. The van der Waals surface area contributed by atoms with Gasteiger partial charge in [-0.05, 0) is 33.6 Å². The van der Waals surface area contributed by atoms with Crippen molar-refractivity contribution >= 4 is 17.8 Å². The van der Waals surface area contributed by atoms with Crippen LogP contribution in [0.5, 0.6) is 0 Å². The molecule has 2 rings (SSSR count). The van der Waals surface area contributed by atoms with Gasteiger partial charge in [-0.3, -0.25) is 14.9 Å². The van der Waals surface area contributed by atoms with Crippen molar-refractivity contribution in [2.45, 2.75) is 39.2 Å². The van der Waals surface area contributed by atoms with E-state index in [2.05, 4.69) is 10.3 Å². The van der Waals surface area contributed by atoms with Crippen LogP contribution in [0.15, 0.2) is 17.2 Å². The van der Waals surface area contributed by atoms with Gasteiger partial charge in [0.15, 0.2) is 0 Å². The van der Waals surface area contributed by atoms with E-state index in [-0.39, 0.29) is 29.8 Å². The first-order chi connectivity index (χ1) is 11.2. The van der Waals surface area contributed by atoms with Crippen LogP contribution >= 0.6 is 0 Å². The summed E-state index contributed by atoms with van der Waals surface area (Å²) in [6.07, 6.45) is 4.34. The molecule has 24 heavy (non-hydrogen) atoms. The van der Waals surface area contributed by atoms with E-state index in [4.69, 9.17) is 4.74 Å². The minimum absolute atomic E-state index is 0.0237. The van der Waals surface area contributed by atoms with E-state index in [1.807, 2.05) is 20.8 Å². The lowest BCUT2D eigenvalue weighted by Crippen LogP contribution is -2.46. The standard InChI is InChI=1S/C16H24N4O4/c1-16(2,3)24-14(22)11-6-5-8-20(10-11)15(23)18-12-13(21)19(4)9-7-17-12/h7,9,11H,5-6,8,10H2,1-4H3,(H,17,18,23). The molecule has 1 aliphatic heterocycles. The molecule has 0 aromatic carbocycles. The predicted octanol–water partition coefficient (Wildman–Crippen LogP) is 1.37. The highest BCUT2D eigenvalue weighted by molar-refractivity contribution is 5.88. The molecule has 1 saturated heterocycles. The summed E-state index contributed by atoms with van der Waals surface area (Å²) in [5.74, 6) is -0.673. The third kappa shape index (κ3) is 4.56. The lowest BCUT2D eigenvalue weighted by Gasteiger charge is -2.33. The Kier molecular flexibility index (Phi) is 5.26. The van der Waals surface area contributed by atoms with Crippen LogP contribution in [0.4, 0.5) is 10.6 Å². The molecule has 8 heteroatoms. The van der Waals surface area contributed by atoms with Crippen LogP contribution in [-0.2, 0) is 16.6 Å². The third-order valence-corrected chi connectivity index (χ3v) is 3.69. The number of aryl methyl sites for hydroxylation is 1. The van der Waals surface area contributed by atoms with Gasteiger partial charge in [0.25, 0.3) is 5.56 Å². The Morgan fingerprint density at radius 1 is 1.38 bits per heavy atom. The highest BCUT2D eigenvalue weighted by Gasteiger charge is 2.31. The summed E-state index contributed by atoms with van der Waals surface area (Å²) >= 11 is 0.